The maximum absolute atomic E-state index is 13.5. The molecule has 0 atom stereocenters. The lowest BCUT2D eigenvalue weighted by Crippen LogP contribution is -2.04. The van der Waals surface area contributed by atoms with Gasteiger partial charge in [-0.05, 0) is 6.92 Å². The van der Waals surface area contributed by atoms with E-state index in [1.807, 2.05) is 0 Å². The molecule has 0 saturated carbocycles. The first-order chi connectivity index (χ1) is 8.97. The quantitative estimate of drug-likeness (QED) is 0.690. The van der Waals surface area contributed by atoms with Crippen LogP contribution in [0.3, 0.4) is 0 Å². The van der Waals surface area contributed by atoms with Gasteiger partial charge in [0.2, 0.25) is 10.9 Å². The summed E-state index contributed by atoms with van der Waals surface area (Å²) in [6.07, 6.45) is 0. The van der Waals surface area contributed by atoms with Gasteiger partial charge >= 0.3 is 5.69 Å². The second-order valence-electron chi connectivity index (χ2n) is 3.63. The molecule has 2 aromatic rings. The zero-order valence-electron chi connectivity index (χ0n) is 9.68. The van der Waals surface area contributed by atoms with E-state index in [0.29, 0.717) is 11.2 Å². The molecule has 0 spiro atoms. The maximum atomic E-state index is 13.5. The highest BCUT2D eigenvalue weighted by atomic mass is 32.1. The number of nitrogens with one attached hydrogen (secondary N) is 1. The van der Waals surface area contributed by atoms with Crippen molar-refractivity contribution in [2.45, 2.75) is 13.5 Å². The third-order valence-electron chi connectivity index (χ3n) is 2.27. The van der Waals surface area contributed by atoms with E-state index in [2.05, 4.69) is 15.5 Å². The number of aromatic nitrogens is 2. The Bertz CT molecular complexity index is 632. The molecular formula is C10H8F2N4O2S. The van der Waals surface area contributed by atoms with Gasteiger partial charge < -0.3 is 5.32 Å². The Hall–Kier alpha value is -2.16. The standard InChI is InChI=1S/C10H8F2N4O2S/c1-5-14-15-10(19-5)13-4-6-2-9(16(17)18)8(12)3-7(6)11/h2-3H,4H2,1H3,(H,13,15). The third-order valence-corrected chi connectivity index (χ3v) is 3.07. The number of anilines is 1. The van der Waals surface area contributed by atoms with Crippen LogP contribution in [-0.4, -0.2) is 15.1 Å². The Balaban J connectivity index is 2.20. The summed E-state index contributed by atoms with van der Waals surface area (Å²) in [4.78, 5) is 9.67. The highest BCUT2D eigenvalue weighted by Gasteiger charge is 2.18. The van der Waals surface area contributed by atoms with Crippen molar-refractivity contribution in [2.24, 2.45) is 0 Å². The van der Waals surface area contributed by atoms with Gasteiger partial charge in [-0.1, -0.05) is 11.3 Å². The summed E-state index contributed by atoms with van der Waals surface area (Å²) in [6, 6.07) is 1.37. The van der Waals surface area contributed by atoms with Gasteiger partial charge in [-0.15, -0.1) is 10.2 Å². The summed E-state index contributed by atoms with van der Waals surface area (Å²) in [5.41, 5.74) is -0.771. The molecule has 0 radical (unpaired) electrons. The van der Waals surface area contributed by atoms with E-state index in [-0.39, 0.29) is 12.1 Å². The fourth-order valence-corrected chi connectivity index (χ4v) is 1.98. The van der Waals surface area contributed by atoms with Crippen LogP contribution in [0.2, 0.25) is 0 Å². The summed E-state index contributed by atoms with van der Waals surface area (Å²) in [5, 5.41) is 22.0. The van der Waals surface area contributed by atoms with Crippen LogP contribution in [0.25, 0.3) is 0 Å². The molecule has 0 aliphatic heterocycles. The topological polar surface area (TPSA) is 81.0 Å². The van der Waals surface area contributed by atoms with Crippen molar-refractivity contribution in [3.05, 3.63) is 44.5 Å². The van der Waals surface area contributed by atoms with E-state index < -0.39 is 22.2 Å². The SMILES string of the molecule is Cc1nnc(NCc2cc([N+](=O)[O-])c(F)cc2F)s1. The smallest absolute Gasteiger partial charge is 0.305 e. The predicted molar refractivity (Wildman–Crippen MR) is 65.0 cm³/mol. The minimum absolute atomic E-state index is 0.0130. The lowest BCUT2D eigenvalue weighted by molar-refractivity contribution is -0.387. The molecule has 0 fully saturated rings. The van der Waals surface area contributed by atoms with Crippen LogP contribution in [0.5, 0.6) is 0 Å². The van der Waals surface area contributed by atoms with Gasteiger partial charge in [-0.2, -0.15) is 4.39 Å². The summed E-state index contributed by atoms with van der Waals surface area (Å²) in [6.45, 7) is 1.72. The van der Waals surface area contributed by atoms with Crippen molar-refractivity contribution < 1.29 is 13.7 Å². The number of nitro groups is 1. The number of rotatable bonds is 4. The van der Waals surface area contributed by atoms with Crippen molar-refractivity contribution in [1.29, 1.82) is 0 Å². The molecule has 0 aliphatic carbocycles. The molecule has 0 aliphatic rings. The number of benzene rings is 1. The molecule has 0 amide bonds. The van der Waals surface area contributed by atoms with Crippen molar-refractivity contribution in [1.82, 2.24) is 10.2 Å². The summed E-state index contributed by atoms with van der Waals surface area (Å²) >= 11 is 1.26. The van der Waals surface area contributed by atoms with Gasteiger partial charge in [-0.25, -0.2) is 4.39 Å². The van der Waals surface area contributed by atoms with E-state index in [4.69, 9.17) is 0 Å². The maximum Gasteiger partial charge on any atom is 0.305 e. The Labute approximate surface area is 110 Å². The monoisotopic (exact) mass is 286 g/mol. The van der Waals surface area contributed by atoms with Crippen molar-refractivity contribution in [3.63, 3.8) is 0 Å². The van der Waals surface area contributed by atoms with E-state index in [0.717, 1.165) is 11.1 Å². The van der Waals surface area contributed by atoms with Crippen molar-refractivity contribution >= 4 is 22.2 Å². The van der Waals surface area contributed by atoms with Crippen molar-refractivity contribution in [3.8, 4) is 0 Å². The summed E-state index contributed by atoms with van der Waals surface area (Å²) in [5.74, 6) is -2.05. The second-order valence-corrected chi connectivity index (χ2v) is 4.81. The predicted octanol–water partition coefficient (Wildman–Crippen LogP) is 2.65. The first kappa shape index (κ1) is 13.3. The molecule has 100 valence electrons. The number of halogens is 2. The fourth-order valence-electron chi connectivity index (χ4n) is 1.40. The van der Waals surface area contributed by atoms with Crippen molar-refractivity contribution in [2.75, 3.05) is 5.32 Å². The third kappa shape index (κ3) is 2.99. The van der Waals surface area contributed by atoms with E-state index >= 15 is 0 Å². The Kier molecular flexibility index (Phi) is 3.65. The normalized spacial score (nSPS) is 10.5. The zero-order chi connectivity index (χ0) is 14.0. The average molecular weight is 286 g/mol. The Morgan fingerprint density at radius 1 is 1.37 bits per heavy atom. The molecule has 0 bridgehead atoms. The van der Waals surface area contributed by atoms with Crippen LogP contribution >= 0.6 is 11.3 Å². The lowest BCUT2D eigenvalue weighted by atomic mass is 10.2. The highest BCUT2D eigenvalue weighted by molar-refractivity contribution is 7.15. The van der Waals surface area contributed by atoms with E-state index in [1.165, 1.54) is 11.3 Å². The first-order valence-corrected chi connectivity index (χ1v) is 5.95. The second kappa shape index (κ2) is 5.22. The molecule has 19 heavy (non-hydrogen) atoms. The highest BCUT2D eigenvalue weighted by Crippen LogP contribution is 2.23. The fraction of sp³-hybridized carbons (Fsp3) is 0.200. The first-order valence-electron chi connectivity index (χ1n) is 5.13. The number of aryl methyl sites for hydroxylation is 1. The van der Waals surface area contributed by atoms with Gasteiger partial charge in [0.15, 0.2) is 0 Å². The molecule has 9 heteroatoms. The molecular weight excluding hydrogens is 278 g/mol. The van der Waals surface area contributed by atoms with Crippen LogP contribution in [0.15, 0.2) is 12.1 Å². The van der Waals surface area contributed by atoms with Gasteiger partial charge in [0, 0.05) is 24.2 Å². The Morgan fingerprint density at radius 3 is 2.68 bits per heavy atom. The number of nitro benzene ring substituents is 1. The Morgan fingerprint density at radius 2 is 2.11 bits per heavy atom. The lowest BCUT2D eigenvalue weighted by Gasteiger charge is -2.04. The minimum atomic E-state index is -1.20. The molecule has 2 rings (SSSR count). The van der Waals surface area contributed by atoms with Gasteiger partial charge in [0.25, 0.3) is 0 Å². The van der Waals surface area contributed by atoms with Gasteiger partial charge in [0.1, 0.15) is 10.8 Å². The summed E-state index contributed by atoms with van der Waals surface area (Å²) < 4.78 is 26.6. The molecule has 1 N–H and O–H groups in total. The minimum Gasteiger partial charge on any atom is -0.356 e. The average Bonchev–Trinajstić information content (AvgIpc) is 2.73. The largest absolute Gasteiger partial charge is 0.356 e. The molecule has 6 nitrogen and oxygen atoms in total. The van der Waals surface area contributed by atoms with E-state index in [1.54, 1.807) is 6.92 Å². The number of hydrogen-bond donors (Lipinski definition) is 1. The van der Waals surface area contributed by atoms with Crippen LogP contribution in [0, 0.1) is 28.7 Å². The van der Waals surface area contributed by atoms with Gasteiger partial charge in [0.05, 0.1) is 4.92 Å². The molecule has 1 aromatic heterocycles. The van der Waals surface area contributed by atoms with Gasteiger partial charge in [-0.3, -0.25) is 10.1 Å². The molecule has 0 unspecified atom stereocenters. The van der Waals surface area contributed by atoms with Crippen LogP contribution < -0.4 is 5.32 Å². The zero-order valence-corrected chi connectivity index (χ0v) is 10.5. The van der Waals surface area contributed by atoms with Crippen LogP contribution in [-0.2, 0) is 6.54 Å². The van der Waals surface area contributed by atoms with E-state index in [9.17, 15) is 18.9 Å². The number of hydrogen-bond acceptors (Lipinski definition) is 6. The summed E-state index contributed by atoms with van der Waals surface area (Å²) in [7, 11) is 0. The molecule has 1 heterocycles. The molecule has 1 aromatic carbocycles. The molecule has 0 saturated heterocycles. The number of nitrogens with zero attached hydrogens (tertiary/aromatic N) is 3. The van der Waals surface area contributed by atoms with Crippen LogP contribution in [0.1, 0.15) is 10.6 Å². The van der Waals surface area contributed by atoms with Crippen LogP contribution in [0.4, 0.5) is 19.6 Å².